The Morgan fingerprint density at radius 1 is 0.412 bits per heavy atom. The van der Waals surface area contributed by atoms with Gasteiger partial charge in [-0.2, -0.15) is 12.1 Å². The second-order valence-electron chi connectivity index (χ2n) is 14.7. The molecule has 0 saturated heterocycles. The van der Waals surface area contributed by atoms with Crippen LogP contribution in [0.4, 0.5) is 0 Å². The van der Waals surface area contributed by atoms with Crippen molar-refractivity contribution in [3.63, 3.8) is 0 Å². The van der Waals surface area contributed by atoms with Crippen LogP contribution in [0.5, 0.6) is 0 Å². The van der Waals surface area contributed by atoms with Crippen molar-refractivity contribution < 1.29 is 46.5 Å². The van der Waals surface area contributed by atoms with Crippen LogP contribution in [-0.4, -0.2) is 24.6 Å². The minimum atomic E-state index is 0. The minimum Gasteiger partial charge on any atom is -1.00 e. The van der Waals surface area contributed by atoms with Gasteiger partial charge in [0.25, 0.3) is 0 Å². The predicted molar refractivity (Wildman–Crippen MR) is 227 cm³/mol. The first-order chi connectivity index (χ1) is 23.3. The number of hydrogen-bond acceptors (Lipinski definition) is 0. The molecule has 0 unspecified atom stereocenters. The van der Waals surface area contributed by atoms with E-state index >= 15 is 0 Å². The first-order valence-corrected chi connectivity index (χ1v) is 23.6. The molecule has 0 fully saturated rings. The smallest absolute Gasteiger partial charge is 1.00 e. The quantitative estimate of drug-likeness (QED) is 0.0323. The van der Waals surface area contributed by atoms with Crippen LogP contribution in [0.2, 0.25) is 0 Å². The van der Waals surface area contributed by atoms with E-state index in [1.54, 1.807) is 10.6 Å². The molecule has 0 aliphatic carbocycles. The van der Waals surface area contributed by atoms with E-state index in [1.807, 2.05) is 0 Å². The second kappa shape index (κ2) is 29.1. The van der Waals surface area contributed by atoms with E-state index in [0.717, 1.165) is 0 Å². The second-order valence-corrected chi connectivity index (χ2v) is 19.7. The van der Waals surface area contributed by atoms with Crippen LogP contribution in [0, 0.1) is 27.7 Å². The van der Waals surface area contributed by atoms with Crippen LogP contribution in [0.1, 0.15) is 153 Å². The van der Waals surface area contributed by atoms with Crippen molar-refractivity contribution in [1.82, 2.24) is 0 Å². The Kier molecular flexibility index (Phi) is 29.0. The van der Waals surface area contributed by atoms with Gasteiger partial charge >= 0.3 is 21.7 Å². The molecule has 0 radical (unpaired) electrons. The van der Waals surface area contributed by atoms with E-state index in [-0.39, 0.29) is 62.4 Å². The topological polar surface area (TPSA) is 0 Å². The Morgan fingerprint density at radius 2 is 0.686 bits per heavy atom. The molecular weight excluding hydrogens is 733 g/mol. The maximum Gasteiger partial charge on any atom is 4.00 e. The van der Waals surface area contributed by atoms with Crippen molar-refractivity contribution in [3.05, 3.63) is 70.8 Å². The van der Waals surface area contributed by atoms with Crippen LogP contribution in [0.3, 0.4) is 0 Å². The predicted octanol–water partition coefficient (Wildman–Crippen LogP) is 8.89. The standard InChI is InChI=1S/2C23H36P.2ClH.Ti/c2*1-5-7-9-11-15-24(16-12-10-8-6-2)21-17-22-19(3)13-14-20(4)23(22)18-21;;;/h2*13-14,17-18H,5-12,15-16H2,1-4H3;2*1H;/q2*-1;;;+4/p-2. The Labute approximate surface area is 345 Å². The minimum absolute atomic E-state index is 0. The maximum absolute atomic E-state index is 2.53. The summed E-state index contributed by atoms with van der Waals surface area (Å²) in [6, 6.07) is 19.3. The van der Waals surface area contributed by atoms with Crippen LogP contribution in [0.25, 0.3) is 21.5 Å². The molecule has 4 aromatic rings. The Balaban J connectivity index is 0.000000926. The number of unbranched alkanes of at least 4 members (excludes halogenated alkanes) is 12. The first kappa shape index (κ1) is 50.8. The fourth-order valence-corrected chi connectivity index (χ4v) is 12.3. The summed E-state index contributed by atoms with van der Waals surface area (Å²) in [5.74, 6) is 0. The van der Waals surface area contributed by atoms with E-state index in [4.69, 9.17) is 0 Å². The summed E-state index contributed by atoms with van der Waals surface area (Å²) < 4.78 is 0. The van der Waals surface area contributed by atoms with Crippen LogP contribution < -0.4 is 35.4 Å². The zero-order valence-corrected chi connectivity index (χ0v) is 38.8. The van der Waals surface area contributed by atoms with Crippen molar-refractivity contribution in [3.8, 4) is 0 Å². The molecule has 0 spiro atoms. The summed E-state index contributed by atoms with van der Waals surface area (Å²) in [5, 5.41) is 9.34. The van der Waals surface area contributed by atoms with Gasteiger partial charge in [0.2, 0.25) is 0 Å². The molecule has 0 nitrogen and oxygen atoms in total. The summed E-state index contributed by atoms with van der Waals surface area (Å²) in [6.07, 6.45) is 28.1. The summed E-state index contributed by atoms with van der Waals surface area (Å²) in [6.45, 7) is 18.3. The van der Waals surface area contributed by atoms with Gasteiger partial charge in [-0.15, -0.1) is 67.5 Å². The average molecular weight is 806 g/mol. The van der Waals surface area contributed by atoms with E-state index < -0.39 is 0 Å². The van der Waals surface area contributed by atoms with Gasteiger partial charge in [-0.05, 0) is 64.2 Å². The fraction of sp³-hybridized carbons (Fsp3) is 0.609. The van der Waals surface area contributed by atoms with Gasteiger partial charge in [0, 0.05) is 0 Å². The average Bonchev–Trinajstić information content (AvgIpc) is 3.75. The van der Waals surface area contributed by atoms with Crippen LogP contribution in [-0.2, 0) is 21.7 Å². The maximum atomic E-state index is 2.53. The van der Waals surface area contributed by atoms with Crippen molar-refractivity contribution in [2.75, 3.05) is 24.6 Å². The number of hydrogen-bond donors (Lipinski definition) is 0. The zero-order valence-electron chi connectivity index (χ0n) is 33.9. The molecule has 51 heavy (non-hydrogen) atoms. The van der Waals surface area contributed by atoms with Gasteiger partial charge < -0.3 is 24.8 Å². The molecule has 5 heteroatoms. The van der Waals surface area contributed by atoms with Crippen LogP contribution >= 0.6 is 15.8 Å². The van der Waals surface area contributed by atoms with E-state index in [1.165, 1.54) is 171 Å². The van der Waals surface area contributed by atoms with Crippen molar-refractivity contribution >= 4 is 48.0 Å². The molecular formula is C46H72Cl2P2Ti. The third-order valence-electron chi connectivity index (χ3n) is 10.5. The summed E-state index contributed by atoms with van der Waals surface area (Å²) in [5.41, 5.74) is 5.75. The van der Waals surface area contributed by atoms with Crippen molar-refractivity contribution in [2.24, 2.45) is 0 Å². The molecule has 284 valence electrons. The Hall–Kier alpha value is -0.186. The first-order valence-electron chi connectivity index (χ1n) is 20.2. The van der Waals surface area contributed by atoms with E-state index in [2.05, 4.69) is 104 Å². The Bertz CT molecular complexity index is 1240. The molecule has 0 heterocycles. The molecule has 0 N–H and O–H groups in total. The van der Waals surface area contributed by atoms with Crippen molar-refractivity contribution in [2.45, 2.75) is 158 Å². The third-order valence-corrected chi connectivity index (χ3v) is 15.9. The SMILES string of the molecule is CCCCCCP(CCCCCC)c1cc2c(C)ccc(C)c2[cH-]1.CCCCCCP(CCCCCC)c1cc2c(C)ccc(C)c2[cH-]1.[Cl-].[Cl-].[Ti+4]. The largest absolute Gasteiger partial charge is 4.00 e. The van der Waals surface area contributed by atoms with Crippen LogP contribution in [0.15, 0.2) is 48.5 Å². The molecule has 4 rings (SSSR count). The summed E-state index contributed by atoms with van der Waals surface area (Å²) in [7, 11) is 0.0788. The monoisotopic (exact) mass is 804 g/mol. The number of halogens is 2. The molecule has 0 amide bonds. The van der Waals surface area contributed by atoms with Gasteiger partial charge in [-0.1, -0.05) is 158 Å². The van der Waals surface area contributed by atoms with E-state index in [9.17, 15) is 0 Å². The van der Waals surface area contributed by atoms with Gasteiger partial charge in [0.1, 0.15) is 0 Å². The molecule has 0 aliphatic heterocycles. The molecule has 4 aromatic carbocycles. The summed E-state index contributed by atoms with van der Waals surface area (Å²) >= 11 is 0. The van der Waals surface area contributed by atoms with Gasteiger partial charge in [0.05, 0.1) is 0 Å². The Morgan fingerprint density at radius 3 is 0.941 bits per heavy atom. The fourth-order valence-electron chi connectivity index (χ4n) is 7.17. The molecule has 0 atom stereocenters. The van der Waals surface area contributed by atoms with Gasteiger partial charge in [0.15, 0.2) is 0 Å². The zero-order chi connectivity index (χ0) is 34.7. The number of benzene rings is 2. The molecule has 0 aromatic heterocycles. The number of aryl methyl sites for hydroxylation is 4. The van der Waals surface area contributed by atoms with E-state index in [0.29, 0.717) is 0 Å². The van der Waals surface area contributed by atoms with Gasteiger partial charge in [-0.25, -0.2) is 0 Å². The number of fused-ring (bicyclic) bond motifs is 2. The third kappa shape index (κ3) is 17.0. The van der Waals surface area contributed by atoms with Gasteiger partial charge in [-0.3, -0.25) is 0 Å². The number of rotatable bonds is 22. The molecule has 0 saturated carbocycles. The summed E-state index contributed by atoms with van der Waals surface area (Å²) in [4.78, 5) is 0. The molecule has 0 aliphatic rings. The van der Waals surface area contributed by atoms with Crippen molar-refractivity contribution in [1.29, 1.82) is 0 Å². The normalized spacial score (nSPS) is 11.0. The molecule has 0 bridgehead atoms.